The number of carbonyl (C=O) groups excluding carboxylic acids is 1. The van der Waals surface area contributed by atoms with Crippen molar-refractivity contribution >= 4 is 24.0 Å². The number of allylic oxidation sites excluding steroid dienone is 1. The van der Waals surface area contributed by atoms with Crippen LogP contribution in [-0.2, 0) is 14.2 Å². The van der Waals surface area contributed by atoms with E-state index in [0.717, 1.165) is 62.4 Å². The predicted molar refractivity (Wildman–Crippen MR) is 142 cm³/mol. The zero-order valence-electron chi connectivity index (χ0n) is 22.4. The molecule has 1 saturated heterocycles. The number of amidine groups is 1. The third-order valence-electron chi connectivity index (χ3n) is 7.62. The molecule has 0 radical (unpaired) electrons. The Morgan fingerprint density at radius 1 is 1.38 bits per heavy atom. The van der Waals surface area contributed by atoms with Crippen molar-refractivity contribution in [2.45, 2.75) is 83.6 Å². The van der Waals surface area contributed by atoms with Gasteiger partial charge in [-0.2, -0.15) is 10.2 Å². The number of nitrogens with two attached hydrogens (primary N) is 1. The van der Waals surface area contributed by atoms with Crippen LogP contribution in [0.2, 0.25) is 0 Å². The number of ether oxygens (including phenoxy) is 3. The average Bonchev–Trinajstić information content (AvgIpc) is 3.66. The summed E-state index contributed by atoms with van der Waals surface area (Å²) in [5, 5.41) is 17.3. The fourth-order valence-corrected chi connectivity index (χ4v) is 5.25. The number of carbonyl (C=O) groups is 1. The van der Waals surface area contributed by atoms with Crippen LogP contribution >= 0.6 is 0 Å². The van der Waals surface area contributed by atoms with Gasteiger partial charge < -0.3 is 36.0 Å². The molecule has 0 aromatic rings. The van der Waals surface area contributed by atoms with E-state index in [2.05, 4.69) is 33.1 Å². The van der Waals surface area contributed by atoms with Gasteiger partial charge >= 0.3 is 6.09 Å². The highest BCUT2D eigenvalue weighted by atomic mass is 16.6. The first-order valence-electron chi connectivity index (χ1n) is 13.4. The monoisotopic (exact) mass is 518 g/mol. The number of nitrogens with zero attached hydrogens (tertiary/aromatic N) is 4. The Labute approximate surface area is 219 Å². The van der Waals surface area contributed by atoms with Gasteiger partial charge in [0.2, 0.25) is 0 Å². The van der Waals surface area contributed by atoms with Gasteiger partial charge in [0.05, 0.1) is 43.1 Å². The number of hydrogen-bond acceptors (Lipinski definition) is 10. The molecule has 3 aliphatic heterocycles. The maximum Gasteiger partial charge on any atom is 0.407 e. The first-order valence-corrected chi connectivity index (χ1v) is 13.4. The van der Waals surface area contributed by atoms with Gasteiger partial charge in [0.25, 0.3) is 0 Å². The lowest BCUT2D eigenvalue weighted by atomic mass is 9.96. The van der Waals surface area contributed by atoms with Gasteiger partial charge in [-0.1, -0.05) is 13.8 Å². The molecule has 4 aliphatic rings. The number of hydrazone groups is 2. The minimum Gasteiger partial charge on any atom is -0.446 e. The molecule has 3 heterocycles. The van der Waals surface area contributed by atoms with E-state index >= 15 is 0 Å². The predicted octanol–water partition coefficient (Wildman–Crippen LogP) is 1.84. The number of rotatable bonds is 9. The fraction of sp³-hybridized carbons (Fsp3) is 0.760. The van der Waals surface area contributed by atoms with Gasteiger partial charge in [-0.25, -0.2) is 9.79 Å². The molecular formula is C25H42N8O4. The summed E-state index contributed by atoms with van der Waals surface area (Å²) in [6.45, 7) is 7.93. The largest absolute Gasteiger partial charge is 0.446 e. The Morgan fingerprint density at radius 3 is 2.95 bits per heavy atom. The number of hydrogen-bond donors (Lipinski definition) is 4. The van der Waals surface area contributed by atoms with Gasteiger partial charge in [-0.15, -0.1) is 0 Å². The van der Waals surface area contributed by atoms with Gasteiger partial charge in [-0.3, -0.25) is 5.01 Å². The first kappa shape index (κ1) is 27.2. The minimum atomic E-state index is -0.327. The summed E-state index contributed by atoms with van der Waals surface area (Å²) >= 11 is 0. The molecule has 6 atom stereocenters. The lowest BCUT2D eigenvalue weighted by molar-refractivity contribution is 0.0651. The SMILES string of the molecule is CCC(C)NC(=O)OC1CCC(C2CC(NC(/N=C\N)=C3/C(C)C(COC4CCOC4)=NN3C)=NN2)C1. The van der Waals surface area contributed by atoms with Crippen molar-refractivity contribution in [1.82, 2.24) is 21.1 Å². The number of nitrogens with one attached hydrogen (secondary N) is 3. The second kappa shape index (κ2) is 12.6. The molecule has 37 heavy (non-hydrogen) atoms. The third-order valence-corrected chi connectivity index (χ3v) is 7.62. The van der Waals surface area contributed by atoms with Crippen LogP contribution in [0.1, 0.15) is 59.3 Å². The second-order valence-corrected chi connectivity index (χ2v) is 10.3. The molecule has 0 spiro atoms. The van der Waals surface area contributed by atoms with Gasteiger partial charge in [0.15, 0.2) is 5.82 Å². The van der Waals surface area contributed by atoms with Crippen molar-refractivity contribution in [2.24, 2.45) is 32.8 Å². The van der Waals surface area contributed by atoms with Crippen molar-refractivity contribution in [3.05, 3.63) is 11.5 Å². The molecule has 0 aromatic carbocycles. The summed E-state index contributed by atoms with van der Waals surface area (Å²) in [5.41, 5.74) is 10.8. The van der Waals surface area contributed by atoms with Crippen LogP contribution in [0.5, 0.6) is 0 Å². The molecule has 5 N–H and O–H groups in total. The summed E-state index contributed by atoms with van der Waals surface area (Å²) in [6.07, 6.45) is 6.21. The van der Waals surface area contributed by atoms with E-state index in [4.69, 9.17) is 25.0 Å². The standard InChI is InChI=1S/C25H42N8O4/c1-5-15(2)28-25(34)37-18-7-6-17(10-18)20-11-22(31-30-20)29-24(27-14-26)23-16(3)21(32-33(23)4)13-36-19-8-9-35-12-19/h14-20,30H,5-13H2,1-4H3,(H2,26,27)(H,28,34)(H,29,31)/b24-23-. The summed E-state index contributed by atoms with van der Waals surface area (Å²) in [5.74, 6) is 1.80. The molecule has 1 aliphatic carbocycles. The van der Waals surface area contributed by atoms with Crippen molar-refractivity contribution < 1.29 is 19.0 Å². The lowest BCUT2D eigenvalue weighted by Gasteiger charge is -2.20. The normalized spacial score (nSPS) is 31.8. The molecule has 6 unspecified atom stereocenters. The minimum absolute atomic E-state index is 0.0126. The molecule has 12 nitrogen and oxygen atoms in total. The van der Waals surface area contributed by atoms with Gasteiger partial charge in [-0.05, 0) is 44.9 Å². The maximum atomic E-state index is 12.1. The highest BCUT2D eigenvalue weighted by Gasteiger charge is 2.37. The highest BCUT2D eigenvalue weighted by Crippen LogP contribution is 2.33. The van der Waals surface area contributed by atoms with Crippen molar-refractivity contribution in [3.63, 3.8) is 0 Å². The van der Waals surface area contributed by atoms with E-state index < -0.39 is 0 Å². The van der Waals surface area contributed by atoms with Crippen LogP contribution in [-0.4, -0.2) is 80.1 Å². The number of aliphatic imine (C=N–C) groups is 1. The Bertz CT molecular complexity index is 930. The quantitative estimate of drug-likeness (QED) is 0.267. The highest BCUT2D eigenvalue weighted by molar-refractivity contribution is 5.92. The summed E-state index contributed by atoms with van der Waals surface area (Å²) in [7, 11) is 1.90. The van der Waals surface area contributed by atoms with Crippen LogP contribution in [0.3, 0.4) is 0 Å². The van der Waals surface area contributed by atoms with Crippen molar-refractivity contribution in [2.75, 3.05) is 26.9 Å². The van der Waals surface area contributed by atoms with Crippen LogP contribution in [0.4, 0.5) is 4.79 Å². The Morgan fingerprint density at radius 2 is 2.22 bits per heavy atom. The first-order chi connectivity index (χ1) is 17.9. The third kappa shape index (κ3) is 6.92. The topological polar surface area (TPSA) is 147 Å². The van der Waals surface area contributed by atoms with Crippen LogP contribution in [0.25, 0.3) is 0 Å². The zero-order chi connectivity index (χ0) is 26.4. The van der Waals surface area contributed by atoms with Crippen molar-refractivity contribution in [1.29, 1.82) is 0 Å². The zero-order valence-corrected chi connectivity index (χ0v) is 22.4. The summed E-state index contributed by atoms with van der Waals surface area (Å²) in [6, 6.07) is 0.287. The van der Waals surface area contributed by atoms with E-state index in [9.17, 15) is 4.79 Å². The van der Waals surface area contributed by atoms with Gasteiger partial charge in [0.1, 0.15) is 11.9 Å². The Hall–Kier alpha value is -2.86. The summed E-state index contributed by atoms with van der Waals surface area (Å²) < 4.78 is 17.0. The van der Waals surface area contributed by atoms with Crippen LogP contribution < -0.4 is 21.8 Å². The number of alkyl carbamates (subject to hydrolysis) is 1. The molecule has 2 fully saturated rings. The van der Waals surface area contributed by atoms with E-state index in [1.54, 1.807) is 0 Å². The molecule has 206 valence electrons. The molecule has 0 bridgehead atoms. The fourth-order valence-electron chi connectivity index (χ4n) is 5.25. The summed E-state index contributed by atoms with van der Waals surface area (Å²) in [4.78, 5) is 16.5. The van der Waals surface area contributed by atoms with E-state index in [-0.39, 0.29) is 36.3 Å². The van der Waals surface area contributed by atoms with Crippen LogP contribution in [0, 0.1) is 11.8 Å². The smallest absolute Gasteiger partial charge is 0.407 e. The Kier molecular flexibility index (Phi) is 9.25. The second-order valence-electron chi connectivity index (χ2n) is 10.3. The molecular weight excluding hydrogens is 476 g/mol. The van der Waals surface area contributed by atoms with E-state index in [1.165, 1.54) is 6.34 Å². The average molecular weight is 519 g/mol. The molecule has 12 heteroatoms. The Balaban J connectivity index is 1.30. The van der Waals surface area contributed by atoms with Gasteiger partial charge in [0, 0.05) is 32.0 Å². The van der Waals surface area contributed by atoms with Crippen molar-refractivity contribution in [3.8, 4) is 0 Å². The maximum absolute atomic E-state index is 12.1. The molecule has 0 aromatic heterocycles. The van der Waals surface area contributed by atoms with Crippen LogP contribution in [0.15, 0.2) is 26.7 Å². The van der Waals surface area contributed by atoms with E-state index in [1.807, 2.05) is 25.9 Å². The van der Waals surface area contributed by atoms with E-state index in [0.29, 0.717) is 25.0 Å². The molecule has 4 rings (SSSR count). The molecule has 1 amide bonds. The number of amides is 1. The lowest BCUT2D eigenvalue weighted by Crippen LogP contribution is -2.35. The molecule has 1 saturated carbocycles.